The SMILES string of the molecule is CCCCCCCCCCC1=CCc2cn(C3CCC(C)O3)c(=O)nc2O1. The van der Waals surface area contributed by atoms with Gasteiger partial charge in [-0.3, -0.25) is 4.57 Å². The molecule has 27 heavy (non-hydrogen) atoms. The summed E-state index contributed by atoms with van der Waals surface area (Å²) in [7, 11) is 0. The zero-order valence-electron chi connectivity index (χ0n) is 16.9. The molecule has 1 saturated heterocycles. The average molecular weight is 375 g/mol. The monoisotopic (exact) mass is 374 g/mol. The van der Waals surface area contributed by atoms with E-state index < -0.39 is 0 Å². The predicted octanol–water partition coefficient (Wildman–Crippen LogP) is 5.29. The zero-order chi connectivity index (χ0) is 19.1. The molecule has 0 spiro atoms. The average Bonchev–Trinajstić information content (AvgIpc) is 3.09. The van der Waals surface area contributed by atoms with Gasteiger partial charge in [0.1, 0.15) is 12.0 Å². The van der Waals surface area contributed by atoms with Crippen molar-refractivity contribution in [2.24, 2.45) is 0 Å². The van der Waals surface area contributed by atoms with Crippen molar-refractivity contribution in [2.45, 2.75) is 103 Å². The molecule has 2 unspecified atom stereocenters. The molecule has 0 saturated carbocycles. The van der Waals surface area contributed by atoms with Crippen LogP contribution in [0.15, 0.2) is 22.8 Å². The van der Waals surface area contributed by atoms with Gasteiger partial charge in [0.2, 0.25) is 5.88 Å². The molecule has 0 radical (unpaired) electrons. The van der Waals surface area contributed by atoms with E-state index >= 15 is 0 Å². The summed E-state index contributed by atoms with van der Waals surface area (Å²) in [5.41, 5.74) is 0.693. The molecule has 2 atom stereocenters. The van der Waals surface area contributed by atoms with Gasteiger partial charge in [0.05, 0.1) is 6.10 Å². The van der Waals surface area contributed by atoms with E-state index in [0.29, 0.717) is 5.88 Å². The summed E-state index contributed by atoms with van der Waals surface area (Å²) in [6.45, 7) is 4.30. The largest absolute Gasteiger partial charge is 0.443 e. The second-order valence-corrected chi connectivity index (χ2v) is 7.94. The van der Waals surface area contributed by atoms with Crippen LogP contribution in [0.5, 0.6) is 5.88 Å². The molecule has 0 aromatic carbocycles. The summed E-state index contributed by atoms with van der Waals surface area (Å²) in [6.07, 6.45) is 18.0. The van der Waals surface area contributed by atoms with Crippen LogP contribution in [0.3, 0.4) is 0 Å². The Bertz CT molecular complexity index is 695. The molecule has 2 aliphatic heterocycles. The fraction of sp³-hybridized carbons (Fsp3) is 0.727. The summed E-state index contributed by atoms with van der Waals surface area (Å²) >= 11 is 0. The summed E-state index contributed by atoms with van der Waals surface area (Å²) in [5.74, 6) is 1.45. The minimum Gasteiger partial charge on any atom is -0.443 e. The molecule has 0 aliphatic carbocycles. The third-order valence-corrected chi connectivity index (χ3v) is 5.56. The Balaban J connectivity index is 1.45. The van der Waals surface area contributed by atoms with E-state index in [9.17, 15) is 4.79 Å². The Labute approximate surface area is 162 Å². The Morgan fingerprint density at radius 2 is 1.85 bits per heavy atom. The number of rotatable bonds is 10. The van der Waals surface area contributed by atoms with Crippen molar-refractivity contribution < 1.29 is 9.47 Å². The van der Waals surface area contributed by atoms with Gasteiger partial charge < -0.3 is 9.47 Å². The molecule has 3 rings (SSSR count). The highest BCUT2D eigenvalue weighted by atomic mass is 16.5. The van der Waals surface area contributed by atoms with Crippen molar-refractivity contribution in [3.05, 3.63) is 34.1 Å². The number of unbranched alkanes of at least 4 members (excludes halogenated alkanes) is 7. The van der Waals surface area contributed by atoms with Crippen molar-refractivity contribution in [3.8, 4) is 5.88 Å². The van der Waals surface area contributed by atoms with E-state index in [1.165, 1.54) is 44.9 Å². The first-order valence-corrected chi connectivity index (χ1v) is 10.8. The van der Waals surface area contributed by atoms with Crippen LogP contribution >= 0.6 is 0 Å². The Kier molecular flexibility index (Phi) is 7.50. The molecule has 0 N–H and O–H groups in total. The maximum absolute atomic E-state index is 12.4. The van der Waals surface area contributed by atoms with Gasteiger partial charge in [-0.25, -0.2) is 4.79 Å². The molecular weight excluding hydrogens is 340 g/mol. The molecule has 1 aromatic rings. The van der Waals surface area contributed by atoms with Crippen molar-refractivity contribution in [3.63, 3.8) is 0 Å². The van der Waals surface area contributed by atoms with Crippen LogP contribution < -0.4 is 10.4 Å². The fourth-order valence-corrected chi connectivity index (χ4v) is 3.89. The fourth-order valence-electron chi connectivity index (χ4n) is 3.89. The highest BCUT2D eigenvalue weighted by Gasteiger charge is 2.26. The minimum atomic E-state index is -0.277. The molecule has 5 nitrogen and oxygen atoms in total. The number of aromatic nitrogens is 2. The lowest BCUT2D eigenvalue weighted by molar-refractivity contribution is 0.00765. The van der Waals surface area contributed by atoms with Gasteiger partial charge in [-0.1, -0.05) is 51.9 Å². The van der Waals surface area contributed by atoms with Gasteiger partial charge in [-0.2, -0.15) is 4.98 Å². The standard InChI is InChI=1S/C22H34N2O3/c1-3-4-5-6-7-8-9-10-11-19-14-13-18-16-24(20-15-12-17(2)26-20)22(25)23-21(18)27-19/h14,16-17,20H,3-13,15H2,1-2H3. The topological polar surface area (TPSA) is 53.4 Å². The summed E-state index contributed by atoms with van der Waals surface area (Å²) < 4.78 is 13.3. The third-order valence-electron chi connectivity index (χ3n) is 5.56. The smallest absolute Gasteiger partial charge is 0.353 e. The minimum absolute atomic E-state index is 0.187. The molecule has 3 heterocycles. The Hall–Kier alpha value is -1.62. The summed E-state index contributed by atoms with van der Waals surface area (Å²) in [5, 5.41) is 0. The van der Waals surface area contributed by atoms with Crippen LogP contribution in [0.1, 0.15) is 96.3 Å². The van der Waals surface area contributed by atoms with Crippen LogP contribution in [-0.4, -0.2) is 15.7 Å². The molecule has 0 bridgehead atoms. The van der Waals surface area contributed by atoms with E-state index in [0.717, 1.165) is 43.4 Å². The van der Waals surface area contributed by atoms with E-state index in [-0.39, 0.29) is 18.0 Å². The summed E-state index contributed by atoms with van der Waals surface area (Å²) in [4.78, 5) is 16.6. The maximum Gasteiger partial charge on any atom is 0.353 e. The normalized spacial score (nSPS) is 21.6. The highest BCUT2D eigenvalue weighted by molar-refractivity contribution is 5.31. The Morgan fingerprint density at radius 1 is 1.11 bits per heavy atom. The molecule has 5 heteroatoms. The van der Waals surface area contributed by atoms with Crippen molar-refractivity contribution in [2.75, 3.05) is 0 Å². The number of hydrogen-bond acceptors (Lipinski definition) is 4. The predicted molar refractivity (Wildman–Crippen MR) is 107 cm³/mol. The van der Waals surface area contributed by atoms with Crippen LogP contribution in [0.25, 0.3) is 0 Å². The van der Waals surface area contributed by atoms with Crippen molar-refractivity contribution >= 4 is 0 Å². The lowest BCUT2D eigenvalue weighted by atomic mass is 10.1. The summed E-state index contributed by atoms with van der Waals surface area (Å²) in [6, 6.07) is 0. The maximum atomic E-state index is 12.4. The number of ether oxygens (including phenoxy) is 2. The van der Waals surface area contributed by atoms with Crippen LogP contribution in [-0.2, 0) is 11.2 Å². The molecule has 1 fully saturated rings. The first kappa shape index (κ1) is 20.1. The second kappa shape index (κ2) is 10.1. The lowest BCUT2D eigenvalue weighted by Crippen LogP contribution is -2.28. The quantitative estimate of drug-likeness (QED) is 0.522. The molecular formula is C22H34N2O3. The van der Waals surface area contributed by atoms with Gasteiger partial charge in [-0.15, -0.1) is 0 Å². The van der Waals surface area contributed by atoms with E-state index in [2.05, 4.69) is 18.0 Å². The van der Waals surface area contributed by atoms with Gasteiger partial charge in [-0.05, 0) is 32.3 Å². The van der Waals surface area contributed by atoms with Gasteiger partial charge >= 0.3 is 5.69 Å². The zero-order valence-corrected chi connectivity index (χ0v) is 16.9. The first-order valence-electron chi connectivity index (χ1n) is 10.8. The number of allylic oxidation sites excluding steroid dienone is 2. The van der Waals surface area contributed by atoms with Gasteiger partial charge in [0.25, 0.3) is 0 Å². The third kappa shape index (κ3) is 5.68. The Morgan fingerprint density at radius 3 is 2.56 bits per heavy atom. The van der Waals surface area contributed by atoms with Gasteiger partial charge in [0.15, 0.2) is 0 Å². The van der Waals surface area contributed by atoms with Crippen LogP contribution in [0.4, 0.5) is 0 Å². The number of nitrogens with zero attached hydrogens (tertiary/aromatic N) is 2. The first-order chi connectivity index (χ1) is 13.2. The molecule has 0 amide bonds. The van der Waals surface area contributed by atoms with Crippen molar-refractivity contribution in [1.29, 1.82) is 0 Å². The van der Waals surface area contributed by atoms with Crippen LogP contribution in [0.2, 0.25) is 0 Å². The lowest BCUT2D eigenvalue weighted by Gasteiger charge is -2.20. The highest BCUT2D eigenvalue weighted by Crippen LogP contribution is 2.30. The van der Waals surface area contributed by atoms with E-state index in [1.54, 1.807) is 4.57 Å². The van der Waals surface area contributed by atoms with E-state index in [1.807, 2.05) is 13.1 Å². The van der Waals surface area contributed by atoms with Gasteiger partial charge in [0, 0.05) is 24.6 Å². The molecule has 150 valence electrons. The van der Waals surface area contributed by atoms with Crippen LogP contribution in [0, 0.1) is 0 Å². The van der Waals surface area contributed by atoms with E-state index in [4.69, 9.17) is 9.47 Å². The number of fused-ring (bicyclic) bond motifs is 1. The number of hydrogen-bond donors (Lipinski definition) is 0. The molecule has 2 aliphatic rings. The molecule has 1 aromatic heterocycles. The second-order valence-electron chi connectivity index (χ2n) is 7.94. The van der Waals surface area contributed by atoms with Crippen molar-refractivity contribution in [1.82, 2.24) is 9.55 Å².